The lowest BCUT2D eigenvalue weighted by atomic mass is 10.0. The van der Waals surface area contributed by atoms with Crippen LogP contribution in [0, 0.1) is 0 Å². The number of hydrogen-bond donors (Lipinski definition) is 1. The van der Waals surface area contributed by atoms with E-state index in [0.717, 1.165) is 0 Å². The van der Waals surface area contributed by atoms with E-state index in [1.165, 1.54) is 44.0 Å². The number of aryl methyl sites for hydroxylation is 1. The summed E-state index contributed by atoms with van der Waals surface area (Å²) in [6.45, 7) is 1.34. The number of hydrogen-bond acceptors (Lipinski definition) is 8. The molecule has 3 heterocycles. The molecule has 1 aromatic heterocycles. The van der Waals surface area contributed by atoms with Gasteiger partial charge in [-0.2, -0.15) is 0 Å². The van der Waals surface area contributed by atoms with E-state index in [9.17, 15) is 19.5 Å². The van der Waals surface area contributed by atoms with Gasteiger partial charge in [0.2, 0.25) is 11.1 Å². The topological polar surface area (TPSA) is 122 Å². The lowest BCUT2D eigenvalue weighted by Gasteiger charge is -2.51. The molecule has 2 atom stereocenters. The summed E-state index contributed by atoms with van der Waals surface area (Å²) in [5.41, 5.74) is 0.606. The Balaban J connectivity index is 1.82. The number of nitrogens with zero attached hydrogens (tertiary/aromatic N) is 6. The monoisotopic (exact) mass is 448 g/mol. The number of carboxylic acids is 1. The van der Waals surface area contributed by atoms with Gasteiger partial charge in [-0.25, -0.2) is 9.48 Å². The van der Waals surface area contributed by atoms with Gasteiger partial charge in [0.15, 0.2) is 6.04 Å². The second kappa shape index (κ2) is 6.96. The largest absolute Gasteiger partial charge is 0.477 e. The predicted molar refractivity (Wildman–Crippen MR) is 92.5 cm³/mol. The first-order valence-electron chi connectivity index (χ1n) is 7.03. The van der Waals surface area contributed by atoms with Crippen LogP contribution in [0.5, 0.6) is 0 Å². The van der Waals surface area contributed by atoms with Gasteiger partial charge in [0, 0.05) is 25.5 Å². The van der Waals surface area contributed by atoms with E-state index in [2.05, 4.69) is 31.7 Å². The molecule has 13 heteroatoms. The summed E-state index contributed by atoms with van der Waals surface area (Å²) in [5.74, 6) is -1.08. The van der Waals surface area contributed by atoms with Crippen LogP contribution >= 0.6 is 39.7 Å². The Kier molecular flexibility index (Phi) is 5.06. The molecule has 2 aliphatic heterocycles. The number of carbonyl (C=O) groups is 3. The average molecular weight is 449 g/mol. The molecule has 2 aliphatic rings. The standard InChI is InChI=1S/C12H13BrN6O4S2/c1-5(20)19(13)8-9(21)18-7(11(22)23)6(3-24-10(8)18)4-25-12-14-15-16-17(12)2/h8,10H,3-4H2,1-2H3,(H,22,23)/t8-,10+/m1/s1. The minimum Gasteiger partial charge on any atom is -0.477 e. The highest BCUT2D eigenvalue weighted by atomic mass is 79.9. The fourth-order valence-corrected chi connectivity index (χ4v) is 5.48. The first-order chi connectivity index (χ1) is 11.8. The maximum Gasteiger partial charge on any atom is 0.352 e. The van der Waals surface area contributed by atoms with Crippen molar-refractivity contribution in [2.24, 2.45) is 7.05 Å². The van der Waals surface area contributed by atoms with Crippen LogP contribution in [-0.4, -0.2) is 74.8 Å². The van der Waals surface area contributed by atoms with Gasteiger partial charge in [0.1, 0.15) is 11.1 Å². The third kappa shape index (κ3) is 3.15. The highest BCUT2D eigenvalue weighted by Crippen LogP contribution is 2.44. The molecule has 0 unspecified atom stereocenters. The van der Waals surface area contributed by atoms with E-state index in [-0.39, 0.29) is 11.6 Å². The lowest BCUT2D eigenvalue weighted by Crippen LogP contribution is -2.69. The molecule has 0 bridgehead atoms. The van der Waals surface area contributed by atoms with Crippen LogP contribution in [0.4, 0.5) is 0 Å². The zero-order chi connectivity index (χ0) is 18.3. The molecule has 3 rings (SSSR count). The van der Waals surface area contributed by atoms with E-state index >= 15 is 0 Å². The van der Waals surface area contributed by atoms with Gasteiger partial charge in [-0.05, 0) is 16.0 Å². The Morgan fingerprint density at radius 3 is 2.80 bits per heavy atom. The van der Waals surface area contributed by atoms with Gasteiger partial charge in [0.25, 0.3) is 5.91 Å². The molecule has 1 saturated heterocycles. The molecule has 0 radical (unpaired) electrons. The molecule has 2 amide bonds. The van der Waals surface area contributed by atoms with Crippen molar-refractivity contribution in [2.75, 3.05) is 11.5 Å². The molecule has 0 aromatic carbocycles. The number of thioether (sulfide) groups is 2. The summed E-state index contributed by atoms with van der Waals surface area (Å²) < 4.78 is 2.67. The lowest BCUT2D eigenvalue weighted by molar-refractivity contribution is -0.154. The van der Waals surface area contributed by atoms with Crippen LogP contribution < -0.4 is 0 Å². The Bertz CT molecular complexity index is 783. The van der Waals surface area contributed by atoms with Crippen LogP contribution in [-0.2, 0) is 21.4 Å². The summed E-state index contributed by atoms with van der Waals surface area (Å²) >= 11 is 5.82. The normalized spacial score (nSPS) is 22.5. The smallest absolute Gasteiger partial charge is 0.352 e. The van der Waals surface area contributed by atoms with Gasteiger partial charge in [0.05, 0.1) is 16.1 Å². The fourth-order valence-electron chi connectivity index (χ4n) is 2.54. The molecule has 134 valence electrons. The van der Waals surface area contributed by atoms with Gasteiger partial charge in [-0.15, -0.1) is 16.9 Å². The first kappa shape index (κ1) is 18.2. The van der Waals surface area contributed by atoms with Crippen LogP contribution in [0.1, 0.15) is 6.92 Å². The second-order valence-electron chi connectivity index (χ2n) is 5.32. The number of β-lactam (4-membered cyclic amide) rings is 1. The van der Waals surface area contributed by atoms with Crippen molar-refractivity contribution in [1.82, 2.24) is 29.0 Å². The van der Waals surface area contributed by atoms with Crippen LogP contribution in [0.3, 0.4) is 0 Å². The van der Waals surface area contributed by atoms with Crippen LogP contribution in [0.25, 0.3) is 0 Å². The molecule has 0 saturated carbocycles. The van der Waals surface area contributed by atoms with Crippen molar-refractivity contribution in [2.45, 2.75) is 23.5 Å². The predicted octanol–water partition coefficient (Wildman–Crippen LogP) is 0.0830. The maximum atomic E-state index is 12.4. The molecule has 25 heavy (non-hydrogen) atoms. The molecule has 1 aromatic rings. The number of amides is 2. The number of tetrazole rings is 1. The van der Waals surface area contributed by atoms with Crippen molar-refractivity contribution in [1.29, 1.82) is 0 Å². The molecule has 0 spiro atoms. The van der Waals surface area contributed by atoms with E-state index in [1.807, 2.05) is 0 Å². The van der Waals surface area contributed by atoms with Gasteiger partial charge >= 0.3 is 5.97 Å². The number of aromatic nitrogens is 4. The van der Waals surface area contributed by atoms with E-state index in [0.29, 0.717) is 22.2 Å². The fraction of sp³-hybridized carbons (Fsp3) is 0.500. The van der Waals surface area contributed by atoms with Gasteiger partial charge in [-0.3, -0.25) is 18.4 Å². The van der Waals surface area contributed by atoms with Crippen molar-refractivity contribution >= 4 is 57.5 Å². The zero-order valence-corrected chi connectivity index (χ0v) is 16.3. The summed E-state index contributed by atoms with van der Waals surface area (Å²) in [7, 11) is 1.69. The third-order valence-electron chi connectivity index (χ3n) is 3.72. The summed E-state index contributed by atoms with van der Waals surface area (Å²) in [5, 5.41) is 20.8. The highest BCUT2D eigenvalue weighted by molar-refractivity contribution is 9.07. The molecule has 0 aliphatic carbocycles. The number of rotatable bonds is 5. The minimum atomic E-state index is -1.16. The molecule has 10 nitrogen and oxygen atoms in total. The summed E-state index contributed by atoms with van der Waals surface area (Å²) in [6.07, 6.45) is 0. The number of fused-ring (bicyclic) bond motifs is 1. The Labute approximate surface area is 159 Å². The molecule has 1 fully saturated rings. The second-order valence-corrected chi connectivity index (χ2v) is 8.13. The number of halogens is 1. The maximum absolute atomic E-state index is 12.4. The Morgan fingerprint density at radius 1 is 1.52 bits per heavy atom. The average Bonchev–Trinajstić information content (AvgIpc) is 2.96. The van der Waals surface area contributed by atoms with E-state index in [4.69, 9.17) is 0 Å². The highest BCUT2D eigenvalue weighted by Gasteiger charge is 2.56. The number of aliphatic carboxylic acids is 1. The van der Waals surface area contributed by atoms with Crippen molar-refractivity contribution in [3.8, 4) is 0 Å². The van der Waals surface area contributed by atoms with Crippen LogP contribution in [0.15, 0.2) is 16.4 Å². The van der Waals surface area contributed by atoms with Crippen molar-refractivity contribution < 1.29 is 19.5 Å². The van der Waals surface area contributed by atoms with Crippen molar-refractivity contribution in [3.05, 3.63) is 11.3 Å². The third-order valence-corrected chi connectivity index (χ3v) is 7.09. The van der Waals surface area contributed by atoms with Gasteiger partial charge < -0.3 is 5.11 Å². The number of carboxylic acid groups (broad SMARTS) is 1. The number of carbonyl (C=O) groups excluding carboxylic acids is 2. The minimum absolute atomic E-state index is 0.0166. The van der Waals surface area contributed by atoms with Crippen molar-refractivity contribution in [3.63, 3.8) is 0 Å². The Hall–Kier alpha value is -1.60. The molecule has 1 N–H and O–H groups in total. The first-order valence-corrected chi connectivity index (χ1v) is 9.78. The quantitative estimate of drug-likeness (QED) is 0.379. The SMILES string of the molecule is CC(=O)N(Br)[C@@H]1C(=O)N2C(C(=O)O)=C(CSc3nnnn3C)CS[C@@H]12. The summed E-state index contributed by atoms with van der Waals surface area (Å²) in [6, 6.07) is -0.700. The van der Waals surface area contributed by atoms with E-state index < -0.39 is 23.3 Å². The zero-order valence-electron chi connectivity index (χ0n) is 13.1. The van der Waals surface area contributed by atoms with E-state index in [1.54, 1.807) is 7.05 Å². The van der Waals surface area contributed by atoms with Crippen LogP contribution in [0.2, 0.25) is 0 Å². The summed E-state index contributed by atoms with van der Waals surface area (Å²) in [4.78, 5) is 36.9. The molecular weight excluding hydrogens is 436 g/mol. The Morgan fingerprint density at radius 2 is 2.24 bits per heavy atom. The molecular formula is C12H13BrN6O4S2. The van der Waals surface area contributed by atoms with Gasteiger partial charge in [-0.1, -0.05) is 11.8 Å².